The fraction of sp³-hybridized carbons (Fsp3) is 0.250. The van der Waals surface area contributed by atoms with Crippen LogP contribution in [0, 0.1) is 6.92 Å². The van der Waals surface area contributed by atoms with Gasteiger partial charge in [0.15, 0.2) is 12.3 Å². The molecular formula is C20H21N3O4. The molecule has 7 heteroatoms. The number of amides is 1. The number of ether oxygens (including phenoxy) is 2. The highest BCUT2D eigenvalue weighted by molar-refractivity contribution is 5.94. The SMILES string of the molecule is CCCOc1ccc(-c2nonc2NC(=O)COc2ccc(C)cc2)cc1. The van der Waals surface area contributed by atoms with Gasteiger partial charge in [-0.2, -0.15) is 0 Å². The van der Waals surface area contributed by atoms with Gasteiger partial charge >= 0.3 is 0 Å². The molecule has 1 heterocycles. The van der Waals surface area contributed by atoms with Crippen molar-refractivity contribution in [3.8, 4) is 22.8 Å². The van der Waals surface area contributed by atoms with Gasteiger partial charge in [-0.05, 0) is 60.1 Å². The molecule has 3 aromatic rings. The van der Waals surface area contributed by atoms with Crippen molar-refractivity contribution in [2.45, 2.75) is 20.3 Å². The Balaban J connectivity index is 1.60. The fourth-order valence-corrected chi connectivity index (χ4v) is 2.34. The summed E-state index contributed by atoms with van der Waals surface area (Å²) in [6.45, 7) is 4.55. The summed E-state index contributed by atoms with van der Waals surface area (Å²) in [5, 5.41) is 10.3. The number of aromatic nitrogens is 2. The Morgan fingerprint density at radius 3 is 2.37 bits per heavy atom. The van der Waals surface area contributed by atoms with Crippen LogP contribution in [0.15, 0.2) is 53.2 Å². The van der Waals surface area contributed by atoms with Crippen LogP contribution < -0.4 is 14.8 Å². The maximum atomic E-state index is 12.1. The number of nitrogens with one attached hydrogen (secondary N) is 1. The van der Waals surface area contributed by atoms with E-state index in [-0.39, 0.29) is 18.3 Å². The number of anilines is 1. The third-order valence-electron chi connectivity index (χ3n) is 3.74. The average Bonchev–Trinajstić information content (AvgIpc) is 3.14. The maximum Gasteiger partial charge on any atom is 0.263 e. The molecule has 0 unspecified atom stereocenters. The Morgan fingerprint density at radius 2 is 1.67 bits per heavy atom. The Hall–Kier alpha value is -3.35. The summed E-state index contributed by atoms with van der Waals surface area (Å²) in [5.74, 6) is 1.29. The largest absolute Gasteiger partial charge is 0.494 e. The molecule has 3 rings (SSSR count). The van der Waals surface area contributed by atoms with Gasteiger partial charge in [0.1, 0.15) is 11.5 Å². The van der Waals surface area contributed by atoms with Gasteiger partial charge in [-0.25, -0.2) is 4.63 Å². The summed E-state index contributed by atoms with van der Waals surface area (Å²) in [4.78, 5) is 12.1. The fourth-order valence-electron chi connectivity index (χ4n) is 2.34. The van der Waals surface area contributed by atoms with Crippen LogP contribution in [-0.2, 0) is 4.79 Å². The summed E-state index contributed by atoms with van der Waals surface area (Å²) in [7, 11) is 0. The van der Waals surface area contributed by atoms with E-state index in [9.17, 15) is 4.79 Å². The monoisotopic (exact) mass is 367 g/mol. The smallest absolute Gasteiger partial charge is 0.263 e. The Morgan fingerprint density at radius 1 is 1.00 bits per heavy atom. The second-order valence-electron chi connectivity index (χ2n) is 5.98. The molecule has 140 valence electrons. The lowest BCUT2D eigenvalue weighted by Gasteiger charge is -2.07. The Labute approximate surface area is 157 Å². The van der Waals surface area contributed by atoms with Gasteiger partial charge in [0.25, 0.3) is 5.91 Å². The summed E-state index contributed by atoms with van der Waals surface area (Å²) in [6.07, 6.45) is 0.940. The van der Waals surface area contributed by atoms with Crippen molar-refractivity contribution in [2.24, 2.45) is 0 Å². The van der Waals surface area contributed by atoms with E-state index in [1.807, 2.05) is 62.4 Å². The third-order valence-corrected chi connectivity index (χ3v) is 3.74. The summed E-state index contributed by atoms with van der Waals surface area (Å²) >= 11 is 0. The van der Waals surface area contributed by atoms with Gasteiger partial charge in [-0.1, -0.05) is 24.6 Å². The van der Waals surface area contributed by atoms with E-state index in [1.54, 1.807) is 0 Å². The molecule has 0 radical (unpaired) electrons. The summed E-state index contributed by atoms with van der Waals surface area (Å²) in [6, 6.07) is 14.8. The van der Waals surface area contributed by atoms with Crippen LogP contribution in [0.25, 0.3) is 11.3 Å². The highest BCUT2D eigenvalue weighted by Crippen LogP contribution is 2.26. The predicted octanol–water partition coefficient (Wildman–Crippen LogP) is 3.85. The van der Waals surface area contributed by atoms with E-state index in [4.69, 9.17) is 14.1 Å². The van der Waals surface area contributed by atoms with E-state index in [2.05, 4.69) is 15.6 Å². The molecule has 0 saturated carbocycles. The first-order valence-corrected chi connectivity index (χ1v) is 8.71. The Bertz CT molecular complexity index is 873. The number of hydrogen-bond donors (Lipinski definition) is 1. The number of carbonyl (C=O) groups excluding carboxylic acids is 1. The maximum absolute atomic E-state index is 12.1. The molecule has 2 aromatic carbocycles. The second-order valence-corrected chi connectivity index (χ2v) is 5.98. The molecule has 1 aromatic heterocycles. The lowest BCUT2D eigenvalue weighted by Crippen LogP contribution is -2.20. The van der Waals surface area contributed by atoms with Gasteiger partial charge < -0.3 is 14.8 Å². The van der Waals surface area contributed by atoms with Crippen LogP contribution in [0.1, 0.15) is 18.9 Å². The molecule has 0 aliphatic carbocycles. The molecule has 0 saturated heterocycles. The van der Waals surface area contributed by atoms with Gasteiger partial charge in [-0.15, -0.1) is 0 Å². The first kappa shape index (κ1) is 18.4. The Kier molecular flexibility index (Phi) is 6.04. The highest BCUT2D eigenvalue weighted by Gasteiger charge is 2.15. The van der Waals surface area contributed by atoms with Gasteiger partial charge in [0.05, 0.1) is 6.61 Å². The standard InChI is InChI=1S/C20H21N3O4/c1-3-12-25-16-10-6-15(7-11-16)19-20(23-27-22-19)21-18(24)13-26-17-8-4-14(2)5-9-17/h4-11H,3,12-13H2,1-2H3,(H,21,23,24). The molecule has 0 fully saturated rings. The summed E-state index contributed by atoms with van der Waals surface area (Å²) in [5.41, 5.74) is 2.33. The van der Waals surface area contributed by atoms with Crippen molar-refractivity contribution in [3.05, 3.63) is 54.1 Å². The van der Waals surface area contributed by atoms with Crippen LogP contribution >= 0.6 is 0 Å². The van der Waals surface area contributed by atoms with Crippen LogP contribution in [0.3, 0.4) is 0 Å². The number of hydrogen-bond acceptors (Lipinski definition) is 6. The predicted molar refractivity (Wildman–Crippen MR) is 101 cm³/mol. The van der Waals surface area contributed by atoms with Crippen LogP contribution in [0.4, 0.5) is 5.82 Å². The van der Waals surface area contributed by atoms with Gasteiger partial charge in [0, 0.05) is 5.56 Å². The normalized spacial score (nSPS) is 10.4. The number of aryl methyl sites for hydroxylation is 1. The lowest BCUT2D eigenvalue weighted by molar-refractivity contribution is -0.118. The zero-order valence-corrected chi connectivity index (χ0v) is 15.3. The summed E-state index contributed by atoms with van der Waals surface area (Å²) < 4.78 is 15.8. The molecule has 0 atom stereocenters. The van der Waals surface area contributed by atoms with Gasteiger partial charge in [0.2, 0.25) is 5.82 Å². The van der Waals surface area contributed by atoms with Crippen LogP contribution in [0.5, 0.6) is 11.5 Å². The molecule has 1 amide bonds. The number of nitrogens with zero attached hydrogens (tertiary/aromatic N) is 2. The molecule has 0 spiro atoms. The van der Waals surface area contributed by atoms with Crippen LogP contribution in [-0.4, -0.2) is 29.4 Å². The first-order chi connectivity index (χ1) is 13.2. The van der Waals surface area contributed by atoms with Crippen molar-refractivity contribution in [3.63, 3.8) is 0 Å². The van der Waals surface area contributed by atoms with E-state index < -0.39 is 0 Å². The van der Waals surface area contributed by atoms with Crippen molar-refractivity contribution < 1.29 is 18.9 Å². The number of carbonyl (C=O) groups is 1. The molecule has 27 heavy (non-hydrogen) atoms. The molecule has 7 nitrogen and oxygen atoms in total. The second kappa shape index (κ2) is 8.84. The van der Waals surface area contributed by atoms with Gasteiger partial charge in [-0.3, -0.25) is 4.79 Å². The van der Waals surface area contributed by atoms with Crippen molar-refractivity contribution in [1.82, 2.24) is 10.3 Å². The zero-order chi connectivity index (χ0) is 19.1. The van der Waals surface area contributed by atoms with E-state index in [0.717, 1.165) is 23.3 Å². The quantitative estimate of drug-likeness (QED) is 0.651. The minimum atomic E-state index is -0.351. The minimum Gasteiger partial charge on any atom is -0.494 e. The van der Waals surface area contributed by atoms with E-state index in [1.165, 1.54) is 0 Å². The molecule has 0 bridgehead atoms. The minimum absolute atomic E-state index is 0.140. The topological polar surface area (TPSA) is 86.5 Å². The third kappa shape index (κ3) is 5.07. The molecule has 0 aliphatic rings. The lowest BCUT2D eigenvalue weighted by atomic mass is 10.1. The average molecular weight is 367 g/mol. The molecule has 0 aliphatic heterocycles. The van der Waals surface area contributed by atoms with E-state index in [0.29, 0.717) is 18.1 Å². The van der Waals surface area contributed by atoms with Crippen molar-refractivity contribution >= 4 is 11.7 Å². The zero-order valence-electron chi connectivity index (χ0n) is 15.3. The first-order valence-electron chi connectivity index (χ1n) is 8.71. The number of rotatable bonds is 8. The highest BCUT2D eigenvalue weighted by atomic mass is 16.6. The van der Waals surface area contributed by atoms with Crippen molar-refractivity contribution in [2.75, 3.05) is 18.5 Å². The van der Waals surface area contributed by atoms with Crippen molar-refractivity contribution in [1.29, 1.82) is 0 Å². The van der Waals surface area contributed by atoms with E-state index >= 15 is 0 Å². The van der Waals surface area contributed by atoms with Crippen LogP contribution in [0.2, 0.25) is 0 Å². The molecular weight excluding hydrogens is 346 g/mol. The molecule has 1 N–H and O–H groups in total. The number of benzene rings is 2.